The van der Waals surface area contributed by atoms with Crippen molar-refractivity contribution < 1.29 is 4.74 Å². The minimum Gasteiger partial charge on any atom is -0.374 e. The van der Waals surface area contributed by atoms with Gasteiger partial charge in [-0.05, 0) is 30.9 Å². The van der Waals surface area contributed by atoms with Crippen molar-refractivity contribution in [2.45, 2.75) is 58.0 Å². The van der Waals surface area contributed by atoms with Crippen molar-refractivity contribution in [2.24, 2.45) is 0 Å². The van der Waals surface area contributed by atoms with Crippen LogP contribution < -0.4 is 0 Å². The summed E-state index contributed by atoms with van der Waals surface area (Å²) in [5.74, 6) is 0.741. The van der Waals surface area contributed by atoms with E-state index in [2.05, 4.69) is 89.8 Å². The Morgan fingerprint density at radius 2 is 1.38 bits per heavy atom. The Hall–Kier alpha value is -1.97. The van der Waals surface area contributed by atoms with E-state index in [-0.39, 0.29) is 12.3 Å². The van der Waals surface area contributed by atoms with Crippen LogP contribution in [0.5, 0.6) is 0 Å². The highest BCUT2D eigenvalue weighted by Crippen LogP contribution is 2.28. The van der Waals surface area contributed by atoms with Gasteiger partial charge in [0.25, 0.3) is 0 Å². The van der Waals surface area contributed by atoms with Crippen LogP contribution >= 0.6 is 11.6 Å². The van der Waals surface area contributed by atoms with Gasteiger partial charge in [0.05, 0.1) is 6.10 Å². The molecule has 0 radical (unpaired) electrons. The highest BCUT2D eigenvalue weighted by Gasteiger charge is 2.34. The number of benzene rings is 2. The zero-order valence-electron chi connectivity index (χ0n) is 17.4. The van der Waals surface area contributed by atoms with E-state index in [1.807, 2.05) is 0 Å². The first-order valence-electron chi connectivity index (χ1n) is 10.8. The van der Waals surface area contributed by atoms with E-state index in [0.717, 1.165) is 51.3 Å². The molecule has 1 atom stereocenters. The van der Waals surface area contributed by atoms with Crippen LogP contribution in [0.3, 0.4) is 0 Å². The van der Waals surface area contributed by atoms with E-state index < -0.39 is 0 Å². The van der Waals surface area contributed by atoms with Gasteiger partial charge in [0, 0.05) is 38.0 Å². The van der Waals surface area contributed by atoms with Gasteiger partial charge in [-0.3, -0.25) is 0 Å². The summed E-state index contributed by atoms with van der Waals surface area (Å²) >= 11 is 5.87. The maximum Gasteiger partial charge on any atom is 0.128 e. The number of ether oxygens (including phenoxy) is 1. The number of nitrogens with zero attached hydrogens (tertiary/aromatic N) is 2. The third-order valence-corrected chi connectivity index (χ3v) is 5.65. The van der Waals surface area contributed by atoms with E-state index in [1.54, 1.807) is 0 Å². The molecule has 1 aliphatic heterocycles. The minimum absolute atomic E-state index is 0.165. The van der Waals surface area contributed by atoms with Crippen LogP contribution in [0.4, 0.5) is 0 Å². The summed E-state index contributed by atoms with van der Waals surface area (Å²) in [6.07, 6.45) is 9.25. The summed E-state index contributed by atoms with van der Waals surface area (Å²) in [7, 11) is 0. The third-order valence-electron chi connectivity index (χ3n) is 5.38. The summed E-state index contributed by atoms with van der Waals surface area (Å²) < 4.78 is 6.29. The van der Waals surface area contributed by atoms with Crippen molar-refractivity contribution >= 4 is 11.6 Å². The van der Waals surface area contributed by atoms with Gasteiger partial charge < -0.3 is 14.5 Å². The number of rotatable bonds is 12. The molecule has 0 N–H and O–H groups in total. The molecule has 1 heterocycles. The molecule has 0 saturated heterocycles. The second kappa shape index (κ2) is 11.9. The zero-order valence-corrected chi connectivity index (χ0v) is 18.2. The largest absolute Gasteiger partial charge is 0.374 e. The normalized spacial score (nSPS) is 15.2. The molecule has 2 aromatic rings. The van der Waals surface area contributed by atoms with Gasteiger partial charge in [-0.25, -0.2) is 0 Å². The van der Waals surface area contributed by atoms with Crippen molar-refractivity contribution in [3.05, 3.63) is 84.2 Å². The molecular weight excluding hydrogens is 380 g/mol. The molecule has 0 bridgehead atoms. The molecule has 2 aromatic carbocycles. The van der Waals surface area contributed by atoms with Crippen molar-refractivity contribution in [3.63, 3.8) is 0 Å². The highest BCUT2D eigenvalue weighted by atomic mass is 35.5. The molecule has 1 aliphatic rings. The minimum atomic E-state index is 0.165. The van der Waals surface area contributed by atoms with E-state index in [9.17, 15) is 0 Å². The molecule has 0 fully saturated rings. The van der Waals surface area contributed by atoms with Crippen LogP contribution in [0.25, 0.3) is 0 Å². The van der Waals surface area contributed by atoms with Gasteiger partial charge >= 0.3 is 0 Å². The van der Waals surface area contributed by atoms with Crippen molar-refractivity contribution in [3.8, 4) is 0 Å². The Balaban J connectivity index is 1.76. The quantitative estimate of drug-likeness (QED) is 0.314. The number of alkyl halides is 1. The first-order chi connectivity index (χ1) is 14.3. The zero-order chi connectivity index (χ0) is 20.3. The number of hydrogen-bond donors (Lipinski definition) is 0. The molecule has 0 aliphatic carbocycles. The average molecular weight is 413 g/mol. The summed E-state index contributed by atoms with van der Waals surface area (Å²) in [5.41, 5.74) is 2.64. The van der Waals surface area contributed by atoms with Crippen molar-refractivity contribution in [2.75, 3.05) is 12.5 Å². The van der Waals surface area contributed by atoms with Crippen molar-refractivity contribution in [1.82, 2.24) is 9.80 Å². The second-order valence-electron chi connectivity index (χ2n) is 7.56. The lowest BCUT2D eigenvalue weighted by molar-refractivity contribution is -0.0459. The van der Waals surface area contributed by atoms with Gasteiger partial charge in [0.1, 0.15) is 6.17 Å². The first-order valence-corrected chi connectivity index (χ1v) is 11.3. The monoisotopic (exact) mass is 412 g/mol. The molecule has 0 aromatic heterocycles. The molecule has 4 heteroatoms. The Labute approximate surface area is 180 Å². The Morgan fingerprint density at radius 3 is 1.86 bits per heavy atom. The second-order valence-corrected chi connectivity index (χ2v) is 7.94. The van der Waals surface area contributed by atoms with Gasteiger partial charge in [-0.15, -0.1) is 11.6 Å². The van der Waals surface area contributed by atoms with E-state index >= 15 is 0 Å². The van der Waals surface area contributed by atoms with Gasteiger partial charge in [0.15, 0.2) is 0 Å². The summed E-state index contributed by atoms with van der Waals surface area (Å²) in [6.45, 7) is 4.60. The smallest absolute Gasteiger partial charge is 0.128 e. The molecular formula is C25H33ClN2O. The molecule has 1 unspecified atom stereocenters. The van der Waals surface area contributed by atoms with E-state index in [4.69, 9.17) is 16.3 Å². The van der Waals surface area contributed by atoms with Crippen LogP contribution in [-0.2, 0) is 17.8 Å². The van der Waals surface area contributed by atoms with Crippen LogP contribution in [-0.4, -0.2) is 34.6 Å². The molecule has 156 valence electrons. The third kappa shape index (κ3) is 6.52. The average Bonchev–Trinajstić information content (AvgIpc) is 3.13. The maximum atomic E-state index is 6.29. The molecule has 0 spiro atoms. The highest BCUT2D eigenvalue weighted by molar-refractivity contribution is 6.17. The summed E-state index contributed by atoms with van der Waals surface area (Å²) in [4.78, 5) is 4.86. The van der Waals surface area contributed by atoms with E-state index in [1.165, 1.54) is 11.1 Å². The first kappa shape index (κ1) is 21.7. The van der Waals surface area contributed by atoms with Crippen LogP contribution in [0, 0.1) is 0 Å². The van der Waals surface area contributed by atoms with Gasteiger partial charge in [0.2, 0.25) is 0 Å². The summed E-state index contributed by atoms with van der Waals surface area (Å²) in [5, 5.41) is 0. The molecule has 3 rings (SSSR count). The van der Waals surface area contributed by atoms with Gasteiger partial charge in [-0.2, -0.15) is 0 Å². The lowest BCUT2D eigenvalue weighted by Gasteiger charge is -2.38. The predicted octanol–water partition coefficient (Wildman–Crippen LogP) is 6.01. The van der Waals surface area contributed by atoms with Crippen LogP contribution in [0.1, 0.15) is 43.7 Å². The topological polar surface area (TPSA) is 15.7 Å². The molecule has 0 amide bonds. The maximum absolute atomic E-state index is 6.29. The number of halogens is 1. The standard InChI is InChI=1S/C25H33ClN2O/c1-2-29-24(16-10-5-11-17-26)25-27(20-22-12-6-3-7-13-22)18-19-28(25)21-23-14-8-4-9-15-23/h3-4,6-9,12-15,18-19,24-25H,2,5,10-11,16-17,20-21H2,1H3. The molecule has 0 saturated carbocycles. The SMILES string of the molecule is CCOC(CCCCCCl)C1N(Cc2ccccc2)C=CN1Cc1ccccc1. The lowest BCUT2D eigenvalue weighted by Crippen LogP contribution is -2.48. The Bertz CT molecular complexity index is 671. The van der Waals surface area contributed by atoms with Crippen LogP contribution in [0.2, 0.25) is 0 Å². The Kier molecular flexibility index (Phi) is 8.91. The predicted molar refractivity (Wildman–Crippen MR) is 122 cm³/mol. The fourth-order valence-electron chi connectivity index (χ4n) is 4.00. The molecule has 3 nitrogen and oxygen atoms in total. The van der Waals surface area contributed by atoms with Gasteiger partial charge in [-0.1, -0.05) is 73.5 Å². The number of unbranched alkanes of at least 4 members (excludes halogenated alkanes) is 2. The van der Waals surface area contributed by atoms with Crippen LogP contribution in [0.15, 0.2) is 73.1 Å². The Morgan fingerprint density at radius 1 is 0.828 bits per heavy atom. The fraction of sp³-hybridized carbons (Fsp3) is 0.440. The summed E-state index contributed by atoms with van der Waals surface area (Å²) in [6, 6.07) is 21.4. The van der Waals surface area contributed by atoms with Crippen molar-refractivity contribution in [1.29, 1.82) is 0 Å². The molecule has 29 heavy (non-hydrogen) atoms. The number of hydrogen-bond acceptors (Lipinski definition) is 3. The lowest BCUT2D eigenvalue weighted by atomic mass is 10.1. The van der Waals surface area contributed by atoms with E-state index in [0.29, 0.717) is 0 Å². The fourth-order valence-corrected chi connectivity index (χ4v) is 4.18.